The molecule has 2 aliphatic rings. The highest BCUT2D eigenvalue weighted by molar-refractivity contribution is 8.18. The molecule has 0 aliphatic carbocycles. The molecular formula is C25H28ClN3OS. The summed E-state index contributed by atoms with van der Waals surface area (Å²) in [5.74, 6) is 0.350. The highest BCUT2D eigenvalue weighted by atomic mass is 35.5. The van der Waals surface area contributed by atoms with Crippen molar-refractivity contribution in [2.24, 2.45) is 4.99 Å². The molecule has 2 aliphatic heterocycles. The quantitative estimate of drug-likeness (QED) is 0.529. The van der Waals surface area contributed by atoms with Crippen molar-refractivity contribution in [3.8, 4) is 0 Å². The maximum atomic E-state index is 12.6. The molecule has 1 saturated heterocycles. The summed E-state index contributed by atoms with van der Waals surface area (Å²) >= 11 is 7.41. The average molecular weight is 454 g/mol. The van der Waals surface area contributed by atoms with Crippen LogP contribution >= 0.6 is 23.4 Å². The minimum atomic E-state index is -0.118. The molecule has 0 saturated carbocycles. The number of amidine groups is 1. The zero-order valence-corrected chi connectivity index (χ0v) is 20.2. The van der Waals surface area contributed by atoms with Crippen LogP contribution in [0.1, 0.15) is 56.7 Å². The monoisotopic (exact) mass is 453 g/mol. The maximum Gasteiger partial charge on any atom is 0.264 e. The number of rotatable bonds is 3. The molecule has 6 heteroatoms. The van der Waals surface area contributed by atoms with Crippen molar-refractivity contribution in [3.05, 3.63) is 63.0 Å². The Kier molecular flexibility index (Phi) is 5.93. The number of carbonyl (C=O) groups excluding carboxylic acids is 1. The summed E-state index contributed by atoms with van der Waals surface area (Å²) < 4.78 is 0. The van der Waals surface area contributed by atoms with Gasteiger partial charge in [-0.25, -0.2) is 4.99 Å². The number of aliphatic imine (C=N–C) groups is 1. The van der Waals surface area contributed by atoms with Gasteiger partial charge >= 0.3 is 0 Å². The van der Waals surface area contributed by atoms with E-state index in [0.717, 1.165) is 24.2 Å². The molecule has 4 nitrogen and oxygen atoms in total. The van der Waals surface area contributed by atoms with Gasteiger partial charge in [0.25, 0.3) is 5.91 Å². The van der Waals surface area contributed by atoms with Crippen LogP contribution in [-0.4, -0.2) is 23.2 Å². The first-order valence-electron chi connectivity index (χ1n) is 10.7. The van der Waals surface area contributed by atoms with Crippen LogP contribution in [0.4, 0.5) is 11.4 Å². The Balaban J connectivity index is 1.67. The number of amides is 1. The lowest BCUT2D eigenvalue weighted by molar-refractivity contribution is -0.115. The van der Waals surface area contributed by atoms with Crippen LogP contribution in [0.2, 0.25) is 5.02 Å². The maximum absolute atomic E-state index is 12.6. The van der Waals surface area contributed by atoms with Crippen molar-refractivity contribution in [2.45, 2.75) is 52.5 Å². The Hall–Kier alpha value is -2.24. The molecule has 0 aromatic heterocycles. The molecule has 2 heterocycles. The molecule has 1 fully saturated rings. The standard InChI is InChI=1S/C25H28ClN3OS/c1-6-29-21-10-15(2)17(11-20(21)16(3)14-25(29,4)5)12-22-23(30)28-24(31-22)27-19-9-7-8-18(26)13-19/h7-13,16H,6,14H2,1-5H3,(H,27,28,30)/b22-12-/t16-/m0/s1. The minimum Gasteiger partial charge on any atom is -0.366 e. The number of aryl methyl sites for hydroxylation is 1. The first-order valence-corrected chi connectivity index (χ1v) is 11.8. The van der Waals surface area contributed by atoms with E-state index in [9.17, 15) is 4.79 Å². The van der Waals surface area contributed by atoms with Gasteiger partial charge in [-0.05, 0) is 105 Å². The summed E-state index contributed by atoms with van der Waals surface area (Å²) in [4.78, 5) is 20.2. The van der Waals surface area contributed by atoms with E-state index >= 15 is 0 Å². The van der Waals surface area contributed by atoms with Gasteiger partial charge in [0, 0.05) is 22.8 Å². The fraction of sp³-hybridized carbons (Fsp3) is 0.360. The fourth-order valence-electron chi connectivity index (χ4n) is 4.69. The van der Waals surface area contributed by atoms with E-state index in [1.807, 2.05) is 18.2 Å². The summed E-state index contributed by atoms with van der Waals surface area (Å²) in [7, 11) is 0. The molecule has 1 N–H and O–H groups in total. The summed E-state index contributed by atoms with van der Waals surface area (Å²) in [6.07, 6.45) is 3.09. The Bertz CT molecular complexity index is 1110. The predicted molar refractivity (Wildman–Crippen MR) is 134 cm³/mol. The van der Waals surface area contributed by atoms with Crippen LogP contribution in [0, 0.1) is 6.92 Å². The summed E-state index contributed by atoms with van der Waals surface area (Å²) in [6.45, 7) is 12.3. The second-order valence-corrected chi connectivity index (χ2v) is 10.4. The number of benzene rings is 2. The Labute approximate surface area is 193 Å². The molecule has 0 unspecified atom stereocenters. The van der Waals surface area contributed by atoms with E-state index in [4.69, 9.17) is 11.6 Å². The van der Waals surface area contributed by atoms with Crippen LogP contribution in [0.25, 0.3) is 6.08 Å². The van der Waals surface area contributed by atoms with E-state index in [2.05, 4.69) is 62.0 Å². The zero-order valence-electron chi connectivity index (χ0n) is 18.6. The van der Waals surface area contributed by atoms with E-state index in [0.29, 0.717) is 21.0 Å². The van der Waals surface area contributed by atoms with Gasteiger partial charge in [-0.1, -0.05) is 24.6 Å². The first-order chi connectivity index (χ1) is 14.7. The molecule has 0 bridgehead atoms. The van der Waals surface area contributed by atoms with E-state index in [1.54, 1.807) is 12.1 Å². The molecule has 2 aromatic rings. The number of halogens is 1. The second-order valence-electron chi connectivity index (χ2n) is 8.89. The van der Waals surface area contributed by atoms with Crippen molar-refractivity contribution < 1.29 is 4.79 Å². The second kappa shape index (κ2) is 8.36. The van der Waals surface area contributed by atoms with Gasteiger partial charge in [-0.3, -0.25) is 4.79 Å². The smallest absolute Gasteiger partial charge is 0.264 e. The molecule has 31 heavy (non-hydrogen) atoms. The number of thioether (sulfide) groups is 1. The summed E-state index contributed by atoms with van der Waals surface area (Å²) in [6, 6.07) is 11.8. The molecular weight excluding hydrogens is 426 g/mol. The van der Waals surface area contributed by atoms with Crippen LogP contribution in [0.5, 0.6) is 0 Å². The fourth-order valence-corrected chi connectivity index (χ4v) is 5.71. The van der Waals surface area contributed by atoms with Gasteiger partial charge < -0.3 is 10.2 Å². The lowest BCUT2D eigenvalue weighted by atomic mass is 9.79. The van der Waals surface area contributed by atoms with Gasteiger partial charge in [0.2, 0.25) is 0 Å². The number of nitrogens with one attached hydrogen (secondary N) is 1. The highest BCUT2D eigenvalue weighted by Crippen LogP contribution is 2.44. The zero-order chi connectivity index (χ0) is 22.3. The lowest BCUT2D eigenvalue weighted by Crippen LogP contribution is -2.48. The minimum absolute atomic E-state index is 0.118. The van der Waals surface area contributed by atoms with Crippen LogP contribution in [0.3, 0.4) is 0 Å². The third kappa shape index (κ3) is 4.39. The number of carbonyl (C=O) groups is 1. The SMILES string of the molecule is CCN1c2cc(C)c(/C=C3\SC(=Nc4cccc(Cl)c4)NC3=O)cc2[C@@H](C)CC1(C)C. The normalized spacial score (nSPS) is 22.7. The van der Waals surface area contributed by atoms with Gasteiger partial charge in [-0.2, -0.15) is 0 Å². The highest BCUT2D eigenvalue weighted by Gasteiger charge is 2.35. The molecule has 1 atom stereocenters. The molecule has 0 spiro atoms. The largest absolute Gasteiger partial charge is 0.366 e. The van der Waals surface area contributed by atoms with Gasteiger partial charge in [0.15, 0.2) is 5.17 Å². The molecule has 4 rings (SSSR count). The summed E-state index contributed by atoms with van der Waals surface area (Å²) in [5.41, 5.74) is 5.79. The summed E-state index contributed by atoms with van der Waals surface area (Å²) in [5, 5.41) is 4.06. The third-order valence-corrected chi connectivity index (χ3v) is 7.21. The molecule has 0 radical (unpaired) electrons. The van der Waals surface area contributed by atoms with Crippen LogP contribution in [-0.2, 0) is 4.79 Å². The topological polar surface area (TPSA) is 44.7 Å². The number of nitrogens with zero attached hydrogens (tertiary/aromatic N) is 2. The average Bonchev–Trinajstić information content (AvgIpc) is 3.01. The van der Waals surface area contributed by atoms with Crippen LogP contribution in [0.15, 0.2) is 46.3 Å². The molecule has 2 aromatic carbocycles. The number of anilines is 1. The Morgan fingerprint density at radius 1 is 1.32 bits per heavy atom. The predicted octanol–water partition coefficient (Wildman–Crippen LogP) is 6.65. The van der Waals surface area contributed by atoms with E-state index in [1.165, 1.54) is 28.6 Å². The van der Waals surface area contributed by atoms with E-state index in [-0.39, 0.29) is 11.4 Å². The van der Waals surface area contributed by atoms with E-state index < -0.39 is 0 Å². The van der Waals surface area contributed by atoms with Crippen molar-refractivity contribution >= 4 is 51.9 Å². The van der Waals surface area contributed by atoms with Crippen molar-refractivity contribution in [3.63, 3.8) is 0 Å². The Morgan fingerprint density at radius 2 is 2.10 bits per heavy atom. The third-order valence-electron chi connectivity index (χ3n) is 6.07. The first kappa shape index (κ1) is 22.0. The molecule has 162 valence electrons. The van der Waals surface area contributed by atoms with Crippen molar-refractivity contribution in [1.82, 2.24) is 5.32 Å². The van der Waals surface area contributed by atoms with Crippen molar-refractivity contribution in [2.75, 3.05) is 11.4 Å². The number of hydrogen-bond donors (Lipinski definition) is 1. The number of hydrogen-bond acceptors (Lipinski definition) is 4. The number of fused-ring (bicyclic) bond motifs is 1. The Morgan fingerprint density at radius 3 is 2.81 bits per heavy atom. The van der Waals surface area contributed by atoms with Gasteiger partial charge in [-0.15, -0.1) is 0 Å². The van der Waals surface area contributed by atoms with Crippen LogP contribution < -0.4 is 10.2 Å². The lowest BCUT2D eigenvalue weighted by Gasteiger charge is -2.47. The molecule has 1 amide bonds. The van der Waals surface area contributed by atoms with Gasteiger partial charge in [0.05, 0.1) is 10.6 Å². The van der Waals surface area contributed by atoms with Crippen molar-refractivity contribution in [1.29, 1.82) is 0 Å². The van der Waals surface area contributed by atoms with Gasteiger partial charge in [0.1, 0.15) is 0 Å².